The zero-order valence-corrected chi connectivity index (χ0v) is 67.8. The molecule has 10 fully saturated rings. The number of amides is 5. The van der Waals surface area contributed by atoms with Gasteiger partial charge in [-0.15, -0.1) is 0 Å². The molecule has 10 aliphatic rings. The molecule has 10 saturated heterocycles. The maximum Gasteiger partial charge on any atom is 0.217 e. The van der Waals surface area contributed by atoms with Crippen LogP contribution in [0.3, 0.4) is 0 Å². The van der Waals surface area contributed by atoms with Gasteiger partial charge in [-0.25, -0.2) is 0 Å². The number of aliphatic hydroxyl groups excluding tert-OH is 27. The lowest BCUT2D eigenvalue weighted by Gasteiger charge is -2.51. The minimum atomic E-state index is -2.64. The molecule has 728 valence electrons. The van der Waals surface area contributed by atoms with E-state index in [0.717, 1.165) is 34.6 Å². The minimum absolute atomic E-state index is 0.867. The molecule has 5 amide bonds. The van der Waals surface area contributed by atoms with E-state index in [-0.39, 0.29) is 0 Å². The molecule has 56 heteroatoms. The lowest BCUT2D eigenvalue weighted by atomic mass is 9.93. The Morgan fingerprint density at radius 1 is 0.206 bits per heavy atom. The van der Waals surface area contributed by atoms with Crippen LogP contribution in [0.15, 0.2) is 0 Å². The van der Waals surface area contributed by atoms with Crippen molar-refractivity contribution in [1.29, 1.82) is 0 Å². The Balaban J connectivity index is 0.982. The number of carbonyl (C=O) groups excluding carboxylic acids is 5. The van der Waals surface area contributed by atoms with E-state index in [0.29, 0.717) is 0 Å². The summed E-state index contributed by atoms with van der Waals surface area (Å²) in [4.78, 5) is 64.5. The fourth-order valence-electron chi connectivity index (χ4n) is 16.2. The molecular formula is C70H117N5O51. The van der Waals surface area contributed by atoms with Gasteiger partial charge < -0.3 is 254 Å². The number of ether oxygens (including phenoxy) is 19. The maximum atomic E-state index is 13.3. The second-order valence-electron chi connectivity index (χ2n) is 31.7. The molecule has 0 bridgehead atoms. The van der Waals surface area contributed by atoms with Gasteiger partial charge >= 0.3 is 0 Å². The molecule has 32 N–H and O–H groups in total. The molecule has 10 heterocycles. The molecular weight excluding hydrogens is 1730 g/mol. The van der Waals surface area contributed by atoms with Gasteiger partial charge in [0, 0.05) is 34.6 Å². The first-order valence-electron chi connectivity index (χ1n) is 40.1. The third-order valence-corrected chi connectivity index (χ3v) is 22.9. The summed E-state index contributed by atoms with van der Waals surface area (Å²) in [5, 5.41) is 313. The van der Waals surface area contributed by atoms with Gasteiger partial charge in [0.05, 0.1) is 66.1 Å². The average Bonchev–Trinajstić information content (AvgIpc) is 0.762. The molecule has 10 rings (SSSR count). The lowest BCUT2D eigenvalue weighted by molar-refractivity contribution is -0.398. The van der Waals surface area contributed by atoms with Crippen LogP contribution in [0.2, 0.25) is 0 Å². The van der Waals surface area contributed by atoms with Crippen molar-refractivity contribution >= 4 is 29.5 Å². The van der Waals surface area contributed by atoms with Crippen LogP contribution in [-0.4, -0.2) is 540 Å². The van der Waals surface area contributed by atoms with Gasteiger partial charge in [0.2, 0.25) is 29.5 Å². The number of hydrogen-bond donors (Lipinski definition) is 32. The lowest BCUT2D eigenvalue weighted by Crippen LogP contribution is -2.71. The second kappa shape index (κ2) is 45.5. The Hall–Kier alpha value is -4.49. The molecule has 0 aromatic rings. The van der Waals surface area contributed by atoms with E-state index >= 15 is 0 Å². The van der Waals surface area contributed by atoms with Crippen molar-refractivity contribution in [3.05, 3.63) is 0 Å². The first-order valence-corrected chi connectivity index (χ1v) is 40.1. The first-order chi connectivity index (χ1) is 59.6. The van der Waals surface area contributed by atoms with Crippen molar-refractivity contribution in [2.24, 2.45) is 0 Å². The average molecular weight is 1840 g/mol. The molecule has 0 aliphatic carbocycles. The summed E-state index contributed by atoms with van der Waals surface area (Å²) in [6, 6.07) is -9.54. The summed E-state index contributed by atoms with van der Waals surface area (Å²) >= 11 is 0. The van der Waals surface area contributed by atoms with Crippen LogP contribution in [0.5, 0.6) is 0 Å². The highest BCUT2D eigenvalue weighted by atomic mass is 16.8. The monoisotopic (exact) mass is 1840 g/mol. The molecule has 0 radical (unpaired) electrons. The van der Waals surface area contributed by atoms with Crippen molar-refractivity contribution in [3.63, 3.8) is 0 Å². The highest BCUT2D eigenvalue weighted by Gasteiger charge is 2.62. The fraction of sp³-hybridized carbons (Fsp3) is 0.929. The molecule has 126 heavy (non-hydrogen) atoms. The van der Waals surface area contributed by atoms with E-state index in [9.17, 15) is 162 Å². The van der Waals surface area contributed by atoms with Gasteiger partial charge in [0.25, 0.3) is 0 Å². The first kappa shape index (κ1) is 104. The van der Waals surface area contributed by atoms with Gasteiger partial charge in [-0.2, -0.15) is 0 Å². The van der Waals surface area contributed by atoms with Crippen molar-refractivity contribution in [1.82, 2.24) is 26.6 Å². The summed E-state index contributed by atoms with van der Waals surface area (Å²) in [5.41, 5.74) is 0. The van der Waals surface area contributed by atoms with Gasteiger partial charge in [-0.3, -0.25) is 24.0 Å². The minimum Gasteiger partial charge on any atom is -0.394 e. The number of nitrogens with one attached hydrogen (secondary N) is 5. The zero-order valence-electron chi connectivity index (χ0n) is 67.8. The Kier molecular flexibility index (Phi) is 37.4. The molecule has 50 atom stereocenters. The van der Waals surface area contributed by atoms with E-state index in [1.165, 1.54) is 0 Å². The van der Waals surface area contributed by atoms with Crippen LogP contribution in [0.4, 0.5) is 0 Å². The summed E-state index contributed by atoms with van der Waals surface area (Å²) < 4.78 is 113. The number of rotatable bonds is 33. The van der Waals surface area contributed by atoms with E-state index in [4.69, 9.17) is 90.0 Å². The Bertz CT molecular complexity index is 3440. The van der Waals surface area contributed by atoms with Crippen LogP contribution in [0, 0.1) is 0 Å². The fourth-order valence-corrected chi connectivity index (χ4v) is 16.2. The summed E-state index contributed by atoms with van der Waals surface area (Å²) in [5.74, 6) is -4.69. The van der Waals surface area contributed by atoms with E-state index in [2.05, 4.69) is 26.6 Å². The van der Waals surface area contributed by atoms with Crippen molar-refractivity contribution in [2.45, 2.75) is 341 Å². The number of carbonyl (C=O) groups is 5. The standard InChI is InChI=1S/C70H117N5O51/c1-16(84)71-31-44(97)56(30(110-61(31)107)15-108-66-51(104)47(100)37(90)22(7-77)113-66)121-63-33(73-18(3)86)46(99)55(28(13-83)117-63)122-68-53(106)58(42(95)29(119-68)14-109-69-59(49(102)39(92)24(9-79)115-69)125-62-32(72-17(2)85)43(96)36(89)21(6-76)111-62)124-70-60(50(103)40(93)25(10-80)116-70)126-64-34(74-19(4)87)45(98)54(27(12-82)118-64)120-65-35(75-20(5)88)57(41(94)26(11-81)112-65)123-67-52(105)48(101)38(91)23(8-78)114-67/h21-70,76-83,89-107H,6-15H2,1-5H3,(H,71,84)(H,72,85)(H,73,86)(H,74,87)(H,75,88)/t21-,22-,23-,24-,25-,26-,27-,28-,29-,30-,31-,32-,33-,34-,35-,36-,37-,38+,39-,40-,41+,42-,43-,44-,45-,46-,47+,48+,49+,50+,51+,52-,53+,54-,55-,56-,57-,58+,59+,60+,61-,62+,63+,64+,65+,66-,67+,68+,69+,70-/m1/s1. The summed E-state index contributed by atoms with van der Waals surface area (Å²) in [6.07, 6.45) is -94.7. The molecule has 56 nitrogen and oxygen atoms in total. The largest absolute Gasteiger partial charge is 0.394 e. The smallest absolute Gasteiger partial charge is 0.217 e. The predicted octanol–water partition coefficient (Wildman–Crippen LogP) is -22.1. The Morgan fingerprint density at radius 2 is 0.468 bits per heavy atom. The van der Waals surface area contributed by atoms with Crippen LogP contribution in [-0.2, 0) is 114 Å². The third kappa shape index (κ3) is 23.1. The predicted molar refractivity (Wildman–Crippen MR) is 388 cm³/mol. The topological polar surface area (TPSA) is 867 Å². The van der Waals surface area contributed by atoms with Crippen LogP contribution >= 0.6 is 0 Å². The van der Waals surface area contributed by atoms with E-state index < -0.39 is 402 Å². The van der Waals surface area contributed by atoms with Gasteiger partial charge in [0.1, 0.15) is 244 Å². The van der Waals surface area contributed by atoms with E-state index in [1.807, 2.05) is 0 Å². The number of hydrogen-bond acceptors (Lipinski definition) is 51. The molecule has 0 aromatic carbocycles. The highest BCUT2D eigenvalue weighted by molar-refractivity contribution is 5.75. The molecule has 10 aliphatic heterocycles. The number of aliphatic hydroxyl groups is 27. The second-order valence-corrected chi connectivity index (χ2v) is 31.7. The quantitative estimate of drug-likeness (QED) is 0.0290. The van der Waals surface area contributed by atoms with E-state index in [1.54, 1.807) is 0 Å². The van der Waals surface area contributed by atoms with Crippen molar-refractivity contribution < 1.29 is 252 Å². The zero-order chi connectivity index (χ0) is 92.8. The maximum absolute atomic E-state index is 13.3. The Morgan fingerprint density at radius 3 is 0.913 bits per heavy atom. The highest BCUT2D eigenvalue weighted by Crippen LogP contribution is 2.41. The normalized spacial score (nSPS) is 48.4. The SMILES string of the molecule is CC(=O)N[C@@H]1[C@@H](O)[C@H](O[C@@H]2O[C@H](CO)[C@@H](O[C@@H]3O[C@H](CO[C@H]4O[C@H](CO)[C@@H](O)[C@H](O)[C@@H]4O[C@@H]4O[C@H](CO)[C@@H](O)[C@H](O)[C@H]4NC(C)=O)[C@@H](O)[C@H](O[C@H]4O[C@H](CO)[C@@H](O)[C@H](O)[C@@H]4O[C@@H]4O[C@H](CO)[C@@H](O[C@@H]5O[C@H](CO)[C@H](O)[C@H](O[C@@H]6O[C@H](CO)[C@H](O)[C@H](O)[C@H]6O)[C@H]5NC(C)=O)[C@H](O)[C@H]4NC(C)=O)[C@@H]3O)[C@H](O)[C@H]2NC(C)=O)[C@@H](CO[C@@H]2O[C@H](CO)[C@@H](O)[C@H](O)[C@@H]2O)O[C@H]1O. The molecule has 0 aromatic heterocycles. The van der Waals surface area contributed by atoms with Crippen LogP contribution in [0.1, 0.15) is 34.6 Å². The summed E-state index contributed by atoms with van der Waals surface area (Å²) in [6.45, 7) is -6.30. The van der Waals surface area contributed by atoms with Crippen molar-refractivity contribution in [3.8, 4) is 0 Å². The molecule has 0 unspecified atom stereocenters. The molecule has 0 spiro atoms. The van der Waals surface area contributed by atoms with Gasteiger partial charge in [-0.1, -0.05) is 0 Å². The van der Waals surface area contributed by atoms with Crippen LogP contribution < -0.4 is 26.6 Å². The Labute approximate surface area is 713 Å². The molecule has 0 saturated carbocycles. The third-order valence-electron chi connectivity index (χ3n) is 22.9. The van der Waals surface area contributed by atoms with Gasteiger partial charge in [0.15, 0.2) is 62.9 Å². The summed E-state index contributed by atoms with van der Waals surface area (Å²) in [7, 11) is 0. The van der Waals surface area contributed by atoms with Gasteiger partial charge in [-0.05, 0) is 0 Å². The van der Waals surface area contributed by atoms with Crippen LogP contribution in [0.25, 0.3) is 0 Å². The van der Waals surface area contributed by atoms with Crippen molar-refractivity contribution in [2.75, 3.05) is 66.1 Å².